The number of rotatable bonds is 3. The van der Waals surface area contributed by atoms with Gasteiger partial charge in [0.1, 0.15) is 0 Å². The van der Waals surface area contributed by atoms with Gasteiger partial charge in [-0.05, 0) is 6.42 Å². The van der Waals surface area contributed by atoms with Crippen molar-refractivity contribution in [2.75, 3.05) is 12.4 Å². The van der Waals surface area contributed by atoms with Crippen LogP contribution in [0, 0.1) is 0 Å². The quantitative estimate of drug-likeness (QED) is 0.331. The summed E-state index contributed by atoms with van der Waals surface area (Å²) >= 11 is 0. The van der Waals surface area contributed by atoms with E-state index < -0.39 is 10.1 Å². The van der Waals surface area contributed by atoms with E-state index in [1.807, 2.05) is 0 Å². The third-order valence-electron chi connectivity index (χ3n) is 0.560. The molecular weight excluding hydrogens is 155 g/mol. The first-order chi connectivity index (χ1) is 3.56. The van der Waals surface area contributed by atoms with Crippen molar-refractivity contribution in [3.8, 4) is 0 Å². The first kappa shape index (κ1) is 12.5. The molecule has 0 aliphatic rings. The molecule has 0 aliphatic carbocycles. The molecule has 0 aromatic rings. The van der Waals surface area contributed by atoms with Crippen LogP contribution in [0.25, 0.3) is 0 Å². The zero-order valence-corrected chi connectivity index (χ0v) is 8.06. The van der Waals surface area contributed by atoms with Crippen LogP contribution in [0.3, 0.4) is 0 Å². The molecule has 9 heavy (non-hydrogen) atoms. The second-order valence-electron chi connectivity index (χ2n) is 1.36. The van der Waals surface area contributed by atoms with Crippen LogP contribution < -0.4 is 29.6 Å². The average Bonchev–Trinajstić information content (AvgIpc) is 1.59. The number of hydrogen-bond donors (Lipinski definition) is 2. The standard InChI is InChI=1S/C3H8O4S.Na/c4-2-1-3-8(5,6)7;/h4H,1-3H2,(H,5,6,7);/q;+1. The summed E-state index contributed by atoms with van der Waals surface area (Å²) in [4.78, 5) is 0. The first-order valence-electron chi connectivity index (χ1n) is 2.12. The molecule has 50 valence electrons. The largest absolute Gasteiger partial charge is 1.00 e. The topological polar surface area (TPSA) is 74.6 Å². The summed E-state index contributed by atoms with van der Waals surface area (Å²) in [5, 5.41) is 8.05. The summed E-state index contributed by atoms with van der Waals surface area (Å²) in [7, 11) is -3.85. The van der Waals surface area contributed by atoms with Gasteiger partial charge in [-0.15, -0.1) is 0 Å². The van der Waals surface area contributed by atoms with Crippen molar-refractivity contribution in [1.82, 2.24) is 0 Å². The fourth-order valence-corrected chi connectivity index (χ4v) is 0.741. The minimum Gasteiger partial charge on any atom is -0.396 e. The van der Waals surface area contributed by atoms with E-state index in [-0.39, 0.29) is 48.3 Å². The Hall–Kier alpha value is 0.870. The first-order valence-corrected chi connectivity index (χ1v) is 3.73. The molecule has 4 nitrogen and oxygen atoms in total. The Morgan fingerprint density at radius 3 is 1.89 bits per heavy atom. The SMILES string of the molecule is O=S(=O)(O)CCCO.[Na+]. The molecule has 0 radical (unpaired) electrons. The van der Waals surface area contributed by atoms with E-state index in [0.717, 1.165) is 0 Å². The molecule has 0 heterocycles. The van der Waals surface area contributed by atoms with Crippen LogP contribution in [-0.4, -0.2) is 30.4 Å². The van der Waals surface area contributed by atoms with E-state index in [1.54, 1.807) is 0 Å². The normalized spacial score (nSPS) is 10.4. The van der Waals surface area contributed by atoms with E-state index >= 15 is 0 Å². The van der Waals surface area contributed by atoms with Crippen LogP contribution >= 0.6 is 0 Å². The summed E-state index contributed by atoms with van der Waals surface area (Å²) in [5.74, 6) is -0.358. The van der Waals surface area contributed by atoms with E-state index in [1.165, 1.54) is 0 Å². The Balaban J connectivity index is 0. The fraction of sp³-hybridized carbons (Fsp3) is 1.00. The maximum atomic E-state index is 9.83. The number of hydrogen-bond acceptors (Lipinski definition) is 3. The third-order valence-corrected chi connectivity index (χ3v) is 1.36. The van der Waals surface area contributed by atoms with Crippen molar-refractivity contribution < 1.29 is 47.6 Å². The molecule has 0 aromatic heterocycles. The maximum absolute atomic E-state index is 9.83. The van der Waals surface area contributed by atoms with Gasteiger partial charge < -0.3 is 5.11 Å². The zero-order valence-electron chi connectivity index (χ0n) is 5.24. The van der Waals surface area contributed by atoms with Crippen molar-refractivity contribution in [2.24, 2.45) is 0 Å². The maximum Gasteiger partial charge on any atom is 1.00 e. The molecular formula is C3H8NaO4S+. The van der Waals surface area contributed by atoms with E-state index in [9.17, 15) is 8.42 Å². The van der Waals surface area contributed by atoms with Gasteiger partial charge in [-0.1, -0.05) is 0 Å². The molecule has 0 rings (SSSR count). The Labute approximate surface area is 76.3 Å². The second-order valence-corrected chi connectivity index (χ2v) is 2.94. The molecule has 0 atom stereocenters. The van der Waals surface area contributed by atoms with Gasteiger partial charge in [-0.2, -0.15) is 8.42 Å². The van der Waals surface area contributed by atoms with E-state index in [4.69, 9.17) is 9.66 Å². The molecule has 0 fully saturated rings. The molecule has 0 bridgehead atoms. The van der Waals surface area contributed by atoms with Crippen molar-refractivity contribution in [2.45, 2.75) is 6.42 Å². The monoisotopic (exact) mass is 163 g/mol. The van der Waals surface area contributed by atoms with Crippen LogP contribution in [0.1, 0.15) is 6.42 Å². The average molecular weight is 163 g/mol. The van der Waals surface area contributed by atoms with Gasteiger partial charge in [0.2, 0.25) is 0 Å². The predicted molar refractivity (Wildman–Crippen MR) is 28.1 cm³/mol. The minimum atomic E-state index is -3.85. The summed E-state index contributed by atoms with van der Waals surface area (Å²) in [6.07, 6.45) is 0.0961. The van der Waals surface area contributed by atoms with Gasteiger partial charge in [0, 0.05) is 6.61 Å². The van der Waals surface area contributed by atoms with Crippen molar-refractivity contribution in [3.63, 3.8) is 0 Å². The smallest absolute Gasteiger partial charge is 0.396 e. The van der Waals surface area contributed by atoms with Crippen LogP contribution in [0.5, 0.6) is 0 Å². The Morgan fingerprint density at radius 1 is 1.33 bits per heavy atom. The van der Waals surface area contributed by atoms with Gasteiger partial charge in [0.15, 0.2) is 0 Å². The summed E-state index contributed by atoms with van der Waals surface area (Å²) in [6, 6.07) is 0. The molecule has 0 saturated heterocycles. The van der Waals surface area contributed by atoms with Crippen LogP contribution in [0.15, 0.2) is 0 Å². The predicted octanol–water partition coefficient (Wildman–Crippen LogP) is -3.74. The number of aliphatic hydroxyl groups is 1. The molecule has 6 heteroatoms. The Kier molecular flexibility index (Phi) is 7.86. The second kappa shape index (κ2) is 5.64. The van der Waals surface area contributed by atoms with E-state index in [0.29, 0.717) is 0 Å². The fourth-order valence-electron chi connectivity index (χ4n) is 0.247. The molecule has 0 spiro atoms. The van der Waals surface area contributed by atoms with Gasteiger partial charge >= 0.3 is 29.6 Å². The van der Waals surface area contributed by atoms with Crippen molar-refractivity contribution in [1.29, 1.82) is 0 Å². The summed E-state index contributed by atoms with van der Waals surface area (Å²) in [6.45, 7) is -0.209. The van der Waals surface area contributed by atoms with Gasteiger partial charge in [-0.3, -0.25) is 4.55 Å². The van der Waals surface area contributed by atoms with Gasteiger partial charge in [-0.25, -0.2) is 0 Å². The summed E-state index contributed by atoms with van der Waals surface area (Å²) in [5.41, 5.74) is 0. The Bertz CT molecular complexity index is 140. The van der Waals surface area contributed by atoms with Crippen molar-refractivity contribution in [3.05, 3.63) is 0 Å². The molecule has 0 aliphatic heterocycles. The Morgan fingerprint density at radius 2 is 1.78 bits per heavy atom. The van der Waals surface area contributed by atoms with Crippen LogP contribution in [0.4, 0.5) is 0 Å². The molecule has 0 saturated carbocycles. The van der Waals surface area contributed by atoms with Gasteiger partial charge in [0.25, 0.3) is 10.1 Å². The molecule has 2 N–H and O–H groups in total. The molecule has 0 amide bonds. The number of aliphatic hydroxyl groups excluding tert-OH is 1. The van der Waals surface area contributed by atoms with E-state index in [2.05, 4.69) is 0 Å². The van der Waals surface area contributed by atoms with Crippen LogP contribution in [0.2, 0.25) is 0 Å². The van der Waals surface area contributed by atoms with Crippen molar-refractivity contribution >= 4 is 10.1 Å². The van der Waals surface area contributed by atoms with Gasteiger partial charge in [0.05, 0.1) is 5.75 Å². The zero-order chi connectivity index (χ0) is 6.62. The summed E-state index contributed by atoms with van der Waals surface area (Å²) < 4.78 is 27.7. The molecule has 0 unspecified atom stereocenters. The molecule has 0 aromatic carbocycles. The van der Waals surface area contributed by atoms with Crippen LogP contribution in [-0.2, 0) is 10.1 Å². The third kappa shape index (κ3) is 12.1. The minimum absolute atomic E-state index is 0.